The molecule has 26 heavy (non-hydrogen) atoms. The van der Waals surface area contributed by atoms with Crippen LogP contribution in [0.1, 0.15) is 103 Å². The highest BCUT2D eigenvalue weighted by molar-refractivity contribution is 7.98. The summed E-state index contributed by atoms with van der Waals surface area (Å²) in [5, 5.41) is 2.77. The molecular weight excluding hydrogens is 344 g/mol. The van der Waals surface area contributed by atoms with Gasteiger partial charge in [0.2, 0.25) is 11.8 Å². The van der Waals surface area contributed by atoms with E-state index >= 15 is 0 Å². The average molecular weight is 387 g/mol. The van der Waals surface area contributed by atoms with Gasteiger partial charge in [-0.3, -0.25) is 9.59 Å². The SMILES string of the molecule is CCCCCCCCCCCCCCCC(=O)N[C@@H](CCSC)C(N)=O. The molecule has 0 aliphatic heterocycles. The summed E-state index contributed by atoms with van der Waals surface area (Å²) in [4.78, 5) is 23.2. The van der Waals surface area contributed by atoms with E-state index in [0.717, 1.165) is 18.6 Å². The van der Waals surface area contributed by atoms with E-state index in [1.807, 2.05) is 6.26 Å². The Morgan fingerprint density at radius 2 is 1.31 bits per heavy atom. The van der Waals surface area contributed by atoms with Gasteiger partial charge in [-0.2, -0.15) is 11.8 Å². The van der Waals surface area contributed by atoms with Gasteiger partial charge in [0.05, 0.1) is 0 Å². The Bertz CT molecular complexity index is 351. The van der Waals surface area contributed by atoms with Crippen molar-refractivity contribution in [3.8, 4) is 0 Å². The maximum atomic E-state index is 11.9. The van der Waals surface area contributed by atoms with Gasteiger partial charge in [-0.15, -0.1) is 0 Å². The lowest BCUT2D eigenvalue weighted by Crippen LogP contribution is -2.44. The van der Waals surface area contributed by atoms with Crippen molar-refractivity contribution >= 4 is 23.6 Å². The second kappa shape index (κ2) is 19.1. The third-order valence-corrected chi connectivity index (χ3v) is 5.44. The molecule has 0 saturated carbocycles. The van der Waals surface area contributed by atoms with Crippen LogP contribution in [0.15, 0.2) is 0 Å². The van der Waals surface area contributed by atoms with Crippen molar-refractivity contribution in [2.45, 2.75) is 109 Å². The zero-order chi connectivity index (χ0) is 19.5. The predicted octanol–water partition coefficient (Wildman–Crippen LogP) is 5.19. The molecular formula is C21H42N2O2S. The van der Waals surface area contributed by atoms with Crippen LogP contribution < -0.4 is 11.1 Å². The number of unbranched alkanes of at least 4 members (excludes halogenated alkanes) is 12. The third kappa shape index (κ3) is 16.7. The van der Waals surface area contributed by atoms with E-state index < -0.39 is 11.9 Å². The lowest BCUT2D eigenvalue weighted by molar-refractivity contribution is -0.127. The van der Waals surface area contributed by atoms with Gasteiger partial charge in [-0.1, -0.05) is 84.0 Å². The lowest BCUT2D eigenvalue weighted by atomic mass is 10.0. The van der Waals surface area contributed by atoms with Crippen LogP contribution in [0, 0.1) is 0 Å². The number of primary amides is 1. The van der Waals surface area contributed by atoms with Crippen molar-refractivity contribution in [1.82, 2.24) is 5.32 Å². The molecule has 0 radical (unpaired) electrons. The number of thioether (sulfide) groups is 1. The van der Waals surface area contributed by atoms with Gasteiger partial charge < -0.3 is 11.1 Å². The Kier molecular flexibility index (Phi) is 18.5. The minimum Gasteiger partial charge on any atom is -0.368 e. The molecule has 4 nitrogen and oxygen atoms in total. The Hall–Kier alpha value is -0.710. The number of hydrogen-bond acceptors (Lipinski definition) is 3. The highest BCUT2D eigenvalue weighted by atomic mass is 32.2. The standard InChI is InChI=1S/C21H42N2O2S/c1-3-4-5-6-7-8-9-10-11-12-13-14-15-16-20(24)23-19(21(22)25)17-18-26-2/h19H,3-18H2,1-2H3,(H2,22,25)(H,23,24)/t19-/m0/s1. The van der Waals surface area contributed by atoms with Crippen LogP contribution in [-0.2, 0) is 9.59 Å². The van der Waals surface area contributed by atoms with Crippen LogP contribution in [0.2, 0.25) is 0 Å². The Morgan fingerprint density at radius 3 is 1.73 bits per heavy atom. The van der Waals surface area contributed by atoms with Crippen molar-refractivity contribution in [3.63, 3.8) is 0 Å². The Morgan fingerprint density at radius 1 is 0.846 bits per heavy atom. The summed E-state index contributed by atoms with van der Waals surface area (Å²) in [6.45, 7) is 2.26. The van der Waals surface area contributed by atoms with Gasteiger partial charge in [-0.05, 0) is 24.9 Å². The molecule has 0 aromatic rings. The van der Waals surface area contributed by atoms with Gasteiger partial charge in [0.15, 0.2) is 0 Å². The van der Waals surface area contributed by atoms with Gasteiger partial charge in [0.25, 0.3) is 0 Å². The first-order valence-corrected chi connectivity index (χ1v) is 12.1. The first-order valence-electron chi connectivity index (χ1n) is 10.7. The van der Waals surface area contributed by atoms with E-state index in [1.165, 1.54) is 70.6 Å². The Balaban J connectivity index is 3.43. The lowest BCUT2D eigenvalue weighted by Gasteiger charge is -2.14. The Labute approximate surface area is 165 Å². The third-order valence-electron chi connectivity index (χ3n) is 4.80. The van der Waals surface area contributed by atoms with Crippen LogP contribution in [0.25, 0.3) is 0 Å². The van der Waals surface area contributed by atoms with E-state index in [4.69, 9.17) is 5.73 Å². The molecule has 2 amide bonds. The fourth-order valence-corrected chi connectivity index (χ4v) is 3.56. The van der Waals surface area contributed by atoms with Crippen molar-refractivity contribution < 1.29 is 9.59 Å². The molecule has 0 saturated heterocycles. The van der Waals surface area contributed by atoms with Gasteiger partial charge in [0, 0.05) is 6.42 Å². The first-order chi connectivity index (χ1) is 12.6. The van der Waals surface area contributed by atoms with Crippen LogP contribution in [0.4, 0.5) is 0 Å². The second-order valence-corrected chi connectivity index (χ2v) is 8.28. The molecule has 0 bridgehead atoms. The molecule has 0 aliphatic rings. The van der Waals surface area contributed by atoms with Crippen LogP contribution in [0.3, 0.4) is 0 Å². The molecule has 0 aromatic heterocycles. The van der Waals surface area contributed by atoms with Crippen LogP contribution >= 0.6 is 11.8 Å². The van der Waals surface area contributed by atoms with Crippen molar-refractivity contribution in [3.05, 3.63) is 0 Å². The van der Waals surface area contributed by atoms with Gasteiger partial charge >= 0.3 is 0 Å². The minimum atomic E-state index is -0.517. The predicted molar refractivity (Wildman–Crippen MR) is 114 cm³/mol. The van der Waals surface area contributed by atoms with E-state index in [1.54, 1.807) is 11.8 Å². The minimum absolute atomic E-state index is 0.0435. The molecule has 0 rings (SSSR count). The maximum absolute atomic E-state index is 11.9. The molecule has 0 fully saturated rings. The summed E-state index contributed by atoms with van der Waals surface area (Å²) in [7, 11) is 0. The number of hydrogen-bond donors (Lipinski definition) is 2. The summed E-state index contributed by atoms with van der Waals surface area (Å²) < 4.78 is 0. The fourth-order valence-electron chi connectivity index (χ4n) is 3.09. The first kappa shape index (κ1) is 25.3. The summed E-state index contributed by atoms with van der Waals surface area (Å²) in [5.74, 6) is 0.350. The molecule has 0 spiro atoms. The van der Waals surface area contributed by atoms with E-state index in [0.29, 0.717) is 12.8 Å². The van der Waals surface area contributed by atoms with Crippen molar-refractivity contribution in [2.24, 2.45) is 5.73 Å². The average Bonchev–Trinajstić information content (AvgIpc) is 2.62. The van der Waals surface area contributed by atoms with E-state index in [-0.39, 0.29) is 5.91 Å². The molecule has 154 valence electrons. The number of carbonyl (C=O) groups excluding carboxylic acids is 2. The van der Waals surface area contributed by atoms with Crippen LogP contribution in [-0.4, -0.2) is 29.9 Å². The molecule has 0 unspecified atom stereocenters. The number of nitrogens with one attached hydrogen (secondary N) is 1. The zero-order valence-electron chi connectivity index (χ0n) is 17.2. The monoisotopic (exact) mass is 386 g/mol. The highest BCUT2D eigenvalue weighted by Crippen LogP contribution is 2.13. The van der Waals surface area contributed by atoms with Gasteiger partial charge in [0.1, 0.15) is 6.04 Å². The maximum Gasteiger partial charge on any atom is 0.240 e. The molecule has 3 N–H and O–H groups in total. The zero-order valence-corrected chi connectivity index (χ0v) is 18.0. The molecule has 0 aromatic carbocycles. The number of rotatable bonds is 19. The quantitative estimate of drug-likeness (QED) is 0.300. The largest absolute Gasteiger partial charge is 0.368 e. The van der Waals surface area contributed by atoms with E-state index in [9.17, 15) is 9.59 Å². The number of carbonyl (C=O) groups is 2. The van der Waals surface area contributed by atoms with E-state index in [2.05, 4.69) is 12.2 Å². The number of nitrogens with two attached hydrogens (primary N) is 1. The summed E-state index contributed by atoms with van der Waals surface area (Å²) >= 11 is 1.65. The fraction of sp³-hybridized carbons (Fsp3) is 0.905. The summed E-state index contributed by atoms with van der Waals surface area (Å²) in [5.41, 5.74) is 5.34. The summed E-state index contributed by atoms with van der Waals surface area (Å²) in [6, 6.07) is -0.517. The second-order valence-electron chi connectivity index (χ2n) is 7.30. The summed E-state index contributed by atoms with van der Waals surface area (Å²) in [6.07, 6.45) is 19.9. The van der Waals surface area contributed by atoms with Crippen molar-refractivity contribution in [1.29, 1.82) is 0 Å². The topological polar surface area (TPSA) is 72.2 Å². The normalized spacial score (nSPS) is 12.1. The molecule has 0 heterocycles. The molecule has 1 atom stereocenters. The number of amides is 2. The highest BCUT2D eigenvalue weighted by Gasteiger charge is 2.16. The smallest absolute Gasteiger partial charge is 0.240 e. The molecule has 5 heteroatoms. The van der Waals surface area contributed by atoms with Crippen LogP contribution in [0.5, 0.6) is 0 Å². The van der Waals surface area contributed by atoms with Gasteiger partial charge in [-0.25, -0.2) is 0 Å². The molecule has 0 aliphatic carbocycles. The van der Waals surface area contributed by atoms with Crippen molar-refractivity contribution in [2.75, 3.05) is 12.0 Å².